The molecule has 0 unspecified atom stereocenters. The number of benzene rings is 1. The van der Waals surface area contributed by atoms with E-state index in [1.807, 2.05) is 5.38 Å². The third-order valence-corrected chi connectivity index (χ3v) is 5.27. The van der Waals surface area contributed by atoms with Crippen LogP contribution in [0, 0.1) is 13.8 Å². The molecule has 0 atom stereocenters. The summed E-state index contributed by atoms with van der Waals surface area (Å²) in [7, 11) is 0. The molecule has 0 bridgehead atoms. The van der Waals surface area contributed by atoms with E-state index in [-0.39, 0.29) is 12.5 Å². The smallest absolute Gasteiger partial charge is 0.261 e. The van der Waals surface area contributed by atoms with Crippen molar-refractivity contribution in [2.75, 3.05) is 11.9 Å². The fourth-order valence-electron chi connectivity index (χ4n) is 2.43. The number of nitrogens with two attached hydrogens (primary N) is 1. The molecule has 0 aliphatic carbocycles. The average Bonchev–Trinajstić information content (AvgIpc) is 3.19. The predicted octanol–water partition coefficient (Wildman–Crippen LogP) is 3.60. The number of primary amides is 1. The minimum Gasteiger partial charge on any atom is -0.483 e. The Morgan fingerprint density at radius 1 is 1.27 bits per heavy atom. The minimum atomic E-state index is -0.605. The zero-order valence-corrected chi connectivity index (χ0v) is 15.9. The fourth-order valence-corrected chi connectivity index (χ4v) is 4.07. The molecule has 0 aliphatic heterocycles. The number of thiophene rings is 1. The van der Waals surface area contributed by atoms with E-state index in [0.717, 1.165) is 11.3 Å². The van der Waals surface area contributed by atoms with Gasteiger partial charge in [-0.2, -0.15) is 0 Å². The maximum atomic E-state index is 12.6. The van der Waals surface area contributed by atoms with Gasteiger partial charge in [0.15, 0.2) is 11.7 Å². The van der Waals surface area contributed by atoms with Gasteiger partial charge in [0.25, 0.3) is 11.8 Å². The van der Waals surface area contributed by atoms with Crippen LogP contribution >= 0.6 is 22.7 Å². The molecule has 0 saturated heterocycles. The molecule has 3 rings (SSSR count). The van der Waals surface area contributed by atoms with E-state index in [0.29, 0.717) is 16.4 Å². The van der Waals surface area contributed by atoms with Gasteiger partial charge in [-0.1, -0.05) is 12.1 Å². The largest absolute Gasteiger partial charge is 0.483 e. The molecule has 0 saturated carbocycles. The second-order valence-electron chi connectivity index (χ2n) is 5.57. The highest BCUT2D eigenvalue weighted by Gasteiger charge is 2.16. The van der Waals surface area contributed by atoms with Gasteiger partial charge in [-0.05, 0) is 32.0 Å². The van der Waals surface area contributed by atoms with Gasteiger partial charge in [-0.3, -0.25) is 14.9 Å². The molecule has 0 aliphatic rings. The lowest BCUT2D eigenvalue weighted by Gasteiger charge is -2.09. The molecule has 0 spiro atoms. The second-order valence-corrected chi connectivity index (χ2v) is 7.89. The van der Waals surface area contributed by atoms with Crippen LogP contribution in [0.3, 0.4) is 0 Å². The average molecular weight is 387 g/mol. The van der Waals surface area contributed by atoms with Crippen LogP contribution in [0.25, 0.3) is 11.3 Å². The molecule has 3 N–H and O–H groups in total. The number of nitrogens with one attached hydrogen (secondary N) is 1. The molecule has 1 aromatic carbocycles. The molecular formula is C18H17N3O3S2. The van der Waals surface area contributed by atoms with Gasteiger partial charge in [0.1, 0.15) is 5.75 Å². The van der Waals surface area contributed by atoms with Crippen LogP contribution in [0.15, 0.2) is 35.7 Å². The number of carbonyl (C=O) groups is 2. The molecule has 0 fully saturated rings. The van der Waals surface area contributed by atoms with Gasteiger partial charge < -0.3 is 10.5 Å². The number of ether oxygens (including phenoxy) is 1. The van der Waals surface area contributed by atoms with Crippen LogP contribution in [0.2, 0.25) is 0 Å². The zero-order valence-electron chi connectivity index (χ0n) is 14.2. The zero-order chi connectivity index (χ0) is 18.7. The summed E-state index contributed by atoms with van der Waals surface area (Å²) in [6.07, 6.45) is 0. The van der Waals surface area contributed by atoms with E-state index >= 15 is 0 Å². The summed E-state index contributed by atoms with van der Waals surface area (Å²) in [6.45, 7) is 3.82. The van der Waals surface area contributed by atoms with Crippen LogP contribution < -0.4 is 15.8 Å². The third-order valence-electron chi connectivity index (χ3n) is 3.54. The van der Waals surface area contributed by atoms with Crippen molar-refractivity contribution in [3.8, 4) is 17.0 Å². The number of hydrogen-bond acceptors (Lipinski definition) is 6. The van der Waals surface area contributed by atoms with Crippen molar-refractivity contribution in [1.29, 1.82) is 0 Å². The van der Waals surface area contributed by atoms with Crippen molar-refractivity contribution in [1.82, 2.24) is 4.98 Å². The lowest BCUT2D eigenvalue weighted by atomic mass is 10.2. The Kier molecular flexibility index (Phi) is 5.34. The number of carbonyl (C=O) groups excluding carboxylic acids is 2. The van der Waals surface area contributed by atoms with Gasteiger partial charge in [0.2, 0.25) is 0 Å². The van der Waals surface area contributed by atoms with Crippen molar-refractivity contribution in [3.63, 3.8) is 0 Å². The topological polar surface area (TPSA) is 94.3 Å². The second kappa shape index (κ2) is 7.67. The van der Waals surface area contributed by atoms with Crippen LogP contribution in [-0.2, 0) is 4.79 Å². The summed E-state index contributed by atoms with van der Waals surface area (Å²) in [5.41, 5.74) is 7.32. The van der Waals surface area contributed by atoms with Crippen LogP contribution in [0.5, 0.6) is 5.75 Å². The van der Waals surface area contributed by atoms with E-state index in [1.54, 1.807) is 35.6 Å². The van der Waals surface area contributed by atoms with Crippen LogP contribution in [-0.4, -0.2) is 23.4 Å². The first kappa shape index (κ1) is 18.1. The molecular weight excluding hydrogens is 370 g/mol. The molecule has 134 valence electrons. The van der Waals surface area contributed by atoms with Crippen molar-refractivity contribution in [2.24, 2.45) is 5.73 Å². The standard InChI is InChI=1S/C18H17N3O3S2/c1-10-7-13(11(2)26-10)14-9-25-18(20-14)21-17(23)12-5-3-4-6-15(12)24-8-16(19)22/h3-7,9H,8H2,1-2H3,(H2,19,22)(H,20,21,23). The summed E-state index contributed by atoms with van der Waals surface area (Å²) in [5.74, 6) is -0.666. The SMILES string of the molecule is Cc1cc(-c2csc(NC(=O)c3ccccc3OCC(N)=O)n2)c(C)s1. The number of thiazole rings is 1. The Labute approximate surface area is 158 Å². The van der Waals surface area contributed by atoms with Gasteiger partial charge in [-0.15, -0.1) is 22.7 Å². The maximum absolute atomic E-state index is 12.6. The summed E-state index contributed by atoms with van der Waals surface area (Å²) >= 11 is 3.07. The minimum absolute atomic E-state index is 0.289. The van der Waals surface area contributed by atoms with Gasteiger partial charge in [-0.25, -0.2) is 4.98 Å². The molecule has 8 heteroatoms. The number of aromatic nitrogens is 1. The molecule has 3 aromatic rings. The number of anilines is 1. The summed E-state index contributed by atoms with van der Waals surface area (Å²) in [4.78, 5) is 30.4. The van der Waals surface area contributed by atoms with Crippen LogP contribution in [0.1, 0.15) is 20.1 Å². The Bertz CT molecular complexity index is 962. The number of hydrogen-bond donors (Lipinski definition) is 2. The predicted molar refractivity (Wildman–Crippen MR) is 104 cm³/mol. The molecule has 6 nitrogen and oxygen atoms in total. The maximum Gasteiger partial charge on any atom is 0.261 e. The Hall–Kier alpha value is -2.71. The highest BCUT2D eigenvalue weighted by molar-refractivity contribution is 7.14. The van der Waals surface area contributed by atoms with E-state index in [4.69, 9.17) is 10.5 Å². The number of aryl methyl sites for hydroxylation is 2. The molecule has 0 radical (unpaired) electrons. The third kappa shape index (κ3) is 4.09. The number of para-hydroxylation sites is 1. The monoisotopic (exact) mass is 387 g/mol. The van der Waals surface area contributed by atoms with Gasteiger partial charge >= 0.3 is 0 Å². The number of rotatable bonds is 6. The number of amides is 2. The lowest BCUT2D eigenvalue weighted by molar-refractivity contribution is -0.119. The first-order chi connectivity index (χ1) is 12.4. The normalized spacial score (nSPS) is 10.5. The molecule has 2 amide bonds. The quantitative estimate of drug-likeness (QED) is 0.676. The van der Waals surface area contributed by atoms with Crippen molar-refractivity contribution in [3.05, 3.63) is 51.0 Å². The Morgan fingerprint density at radius 2 is 2.04 bits per heavy atom. The van der Waals surface area contributed by atoms with E-state index in [2.05, 4.69) is 30.2 Å². The lowest BCUT2D eigenvalue weighted by Crippen LogP contribution is -2.21. The van der Waals surface area contributed by atoms with Crippen molar-refractivity contribution >= 4 is 39.6 Å². The van der Waals surface area contributed by atoms with Crippen molar-refractivity contribution in [2.45, 2.75) is 13.8 Å². The van der Waals surface area contributed by atoms with Crippen LogP contribution in [0.4, 0.5) is 5.13 Å². The first-order valence-corrected chi connectivity index (χ1v) is 9.48. The molecule has 2 heterocycles. The van der Waals surface area contributed by atoms with Crippen molar-refractivity contribution < 1.29 is 14.3 Å². The van der Waals surface area contributed by atoms with Gasteiger partial charge in [0, 0.05) is 20.7 Å². The Morgan fingerprint density at radius 3 is 2.73 bits per heavy atom. The van der Waals surface area contributed by atoms with Gasteiger partial charge in [0.05, 0.1) is 11.3 Å². The highest BCUT2D eigenvalue weighted by atomic mass is 32.1. The summed E-state index contributed by atoms with van der Waals surface area (Å²) in [6, 6.07) is 8.76. The summed E-state index contributed by atoms with van der Waals surface area (Å²) < 4.78 is 5.30. The Balaban J connectivity index is 1.77. The van der Waals surface area contributed by atoms with E-state index < -0.39 is 5.91 Å². The number of nitrogens with zero attached hydrogens (tertiary/aromatic N) is 1. The first-order valence-electron chi connectivity index (χ1n) is 7.78. The highest BCUT2D eigenvalue weighted by Crippen LogP contribution is 2.32. The van der Waals surface area contributed by atoms with E-state index in [1.165, 1.54) is 21.1 Å². The summed E-state index contributed by atoms with van der Waals surface area (Å²) in [5, 5.41) is 5.19. The van der Waals surface area contributed by atoms with E-state index in [9.17, 15) is 9.59 Å². The molecule has 26 heavy (non-hydrogen) atoms. The molecule has 2 aromatic heterocycles. The fraction of sp³-hybridized carbons (Fsp3) is 0.167.